The molecule has 0 aromatic heterocycles. The van der Waals surface area contributed by atoms with Crippen LogP contribution in [0.3, 0.4) is 0 Å². The van der Waals surface area contributed by atoms with Gasteiger partial charge in [-0.2, -0.15) is 0 Å². The molecule has 2 radical (unpaired) electrons. The first kappa shape index (κ1) is 25.8. The van der Waals surface area contributed by atoms with Gasteiger partial charge in [-0.25, -0.2) is 0 Å². The molecular weight excluding hydrogens is 485 g/mol. The first-order valence-corrected chi connectivity index (χ1v) is 15.5. The maximum Gasteiger partial charge on any atom is 0.111 e. The Morgan fingerprint density at radius 2 is 1.23 bits per heavy atom. The van der Waals surface area contributed by atoms with E-state index in [2.05, 4.69) is 120 Å². The molecule has 1 unspecified atom stereocenters. The van der Waals surface area contributed by atoms with Crippen molar-refractivity contribution >= 4 is 21.7 Å². The highest BCUT2D eigenvalue weighted by atomic mass is 28.2. The van der Waals surface area contributed by atoms with Crippen LogP contribution in [-0.2, 0) is 6.42 Å². The molecule has 0 saturated heterocycles. The summed E-state index contributed by atoms with van der Waals surface area (Å²) in [7, 11) is 0.743. The fraction of sp³-hybridized carbons (Fsp3) is 0.263. The van der Waals surface area contributed by atoms with Gasteiger partial charge in [0, 0.05) is 5.92 Å². The first-order valence-electron chi connectivity index (χ1n) is 14.5. The van der Waals surface area contributed by atoms with Gasteiger partial charge in [-0.1, -0.05) is 115 Å². The Labute approximate surface area is 237 Å². The smallest absolute Gasteiger partial charge is 0.0748 e. The molecule has 0 N–H and O–H groups in total. The van der Waals surface area contributed by atoms with Crippen LogP contribution in [0, 0.1) is 27.7 Å². The van der Waals surface area contributed by atoms with Crippen molar-refractivity contribution in [1.82, 2.24) is 0 Å². The van der Waals surface area contributed by atoms with Crippen LogP contribution in [0.25, 0.3) is 34.4 Å². The molecule has 2 aliphatic carbocycles. The molecule has 0 heterocycles. The number of aryl methyl sites for hydroxylation is 4. The number of benzene rings is 4. The maximum absolute atomic E-state index is 2.57. The third kappa shape index (κ3) is 4.68. The van der Waals surface area contributed by atoms with E-state index < -0.39 is 0 Å². The van der Waals surface area contributed by atoms with E-state index in [1.54, 1.807) is 16.0 Å². The molecule has 194 valence electrons. The summed E-state index contributed by atoms with van der Waals surface area (Å²) >= 11 is 0. The van der Waals surface area contributed by atoms with E-state index in [-0.39, 0.29) is 0 Å². The minimum atomic E-state index is 0.533. The van der Waals surface area contributed by atoms with Gasteiger partial charge in [0.1, 0.15) is 9.52 Å². The molecule has 2 aliphatic rings. The molecule has 0 aliphatic heterocycles. The van der Waals surface area contributed by atoms with E-state index in [0.29, 0.717) is 5.92 Å². The second-order valence-electron chi connectivity index (χ2n) is 11.5. The van der Waals surface area contributed by atoms with Crippen molar-refractivity contribution in [2.24, 2.45) is 0 Å². The molecule has 39 heavy (non-hydrogen) atoms. The van der Waals surface area contributed by atoms with Crippen LogP contribution in [0.15, 0.2) is 83.2 Å². The summed E-state index contributed by atoms with van der Waals surface area (Å²) in [6, 6.07) is 27.3. The molecule has 0 nitrogen and oxygen atoms in total. The van der Waals surface area contributed by atoms with Crippen molar-refractivity contribution < 1.29 is 0 Å². The highest BCUT2D eigenvalue weighted by Crippen LogP contribution is 2.46. The lowest BCUT2D eigenvalue weighted by Gasteiger charge is -2.18. The Hall–Kier alpha value is -3.42. The zero-order chi connectivity index (χ0) is 27.1. The Balaban J connectivity index is 1.39. The van der Waals surface area contributed by atoms with E-state index in [9.17, 15) is 0 Å². The molecule has 0 fully saturated rings. The molecule has 6 rings (SSSR count). The summed E-state index contributed by atoms with van der Waals surface area (Å²) in [4.78, 5) is 0. The molecule has 0 bridgehead atoms. The SMILES string of the molecule is CCCCC1C([Si]C2=Cc3c(cccc3-c3c(C)cccc3C)C2)=Cc2c(-c3c(C)cccc3C)cccc21. The van der Waals surface area contributed by atoms with Crippen molar-refractivity contribution in [1.29, 1.82) is 0 Å². The number of allylic oxidation sites excluding steroid dienone is 2. The predicted molar refractivity (Wildman–Crippen MR) is 170 cm³/mol. The van der Waals surface area contributed by atoms with Crippen LogP contribution in [0.1, 0.15) is 76.6 Å². The zero-order valence-electron chi connectivity index (χ0n) is 24.0. The lowest BCUT2D eigenvalue weighted by atomic mass is 9.88. The van der Waals surface area contributed by atoms with Gasteiger partial charge in [0.15, 0.2) is 0 Å². The van der Waals surface area contributed by atoms with Crippen LogP contribution in [0.2, 0.25) is 0 Å². The standard InChI is InChI=1S/C38H38Si/c1-6-7-17-31-30-18-11-20-33(38-26(4)14-9-15-27(38)5)35(30)23-36(31)39-29-21-28-16-10-19-32(34(28)22-29)37-24(2)12-8-13-25(37)3/h8-16,18-20,22-23,31H,6-7,17,21H2,1-5H3. The van der Waals surface area contributed by atoms with E-state index in [1.807, 2.05) is 0 Å². The van der Waals surface area contributed by atoms with E-state index in [4.69, 9.17) is 0 Å². The monoisotopic (exact) mass is 522 g/mol. The van der Waals surface area contributed by atoms with Crippen molar-refractivity contribution in [3.63, 3.8) is 0 Å². The van der Waals surface area contributed by atoms with Gasteiger partial charge in [0.25, 0.3) is 0 Å². The Morgan fingerprint density at radius 3 is 1.85 bits per heavy atom. The van der Waals surface area contributed by atoms with E-state index >= 15 is 0 Å². The summed E-state index contributed by atoms with van der Waals surface area (Å²) in [6.07, 6.45) is 9.94. The quantitative estimate of drug-likeness (QED) is 0.212. The third-order valence-electron chi connectivity index (χ3n) is 8.74. The normalized spacial score (nSPS) is 15.7. The average Bonchev–Trinajstić information content (AvgIpc) is 3.48. The fourth-order valence-corrected chi connectivity index (χ4v) is 8.42. The van der Waals surface area contributed by atoms with Gasteiger partial charge in [-0.3, -0.25) is 0 Å². The zero-order valence-corrected chi connectivity index (χ0v) is 25.0. The molecule has 0 spiro atoms. The van der Waals surface area contributed by atoms with Gasteiger partial charge in [0.05, 0.1) is 0 Å². The minimum absolute atomic E-state index is 0.533. The average molecular weight is 523 g/mol. The molecule has 4 aromatic rings. The van der Waals surface area contributed by atoms with Crippen LogP contribution >= 0.6 is 0 Å². The third-order valence-corrected chi connectivity index (χ3v) is 10.2. The van der Waals surface area contributed by atoms with Crippen molar-refractivity contribution in [2.75, 3.05) is 0 Å². The Kier molecular flexibility index (Phi) is 7.04. The van der Waals surface area contributed by atoms with Gasteiger partial charge in [-0.15, -0.1) is 0 Å². The van der Waals surface area contributed by atoms with Crippen LogP contribution in [0.5, 0.6) is 0 Å². The highest BCUT2D eigenvalue weighted by molar-refractivity contribution is 6.57. The largest absolute Gasteiger partial charge is 0.111 e. The first-order chi connectivity index (χ1) is 19.0. The van der Waals surface area contributed by atoms with Gasteiger partial charge >= 0.3 is 0 Å². The van der Waals surface area contributed by atoms with Gasteiger partial charge in [0.2, 0.25) is 0 Å². The highest BCUT2D eigenvalue weighted by Gasteiger charge is 2.29. The van der Waals surface area contributed by atoms with Crippen molar-refractivity contribution in [3.05, 3.63) is 128 Å². The van der Waals surface area contributed by atoms with Crippen LogP contribution in [0.4, 0.5) is 0 Å². The number of hydrogen-bond acceptors (Lipinski definition) is 0. The van der Waals surface area contributed by atoms with E-state index in [1.165, 1.54) is 80.5 Å². The summed E-state index contributed by atoms with van der Waals surface area (Å²) in [5.41, 5.74) is 17.0. The number of unbranched alkanes of at least 4 members (excludes halogenated alkanes) is 1. The topological polar surface area (TPSA) is 0 Å². The molecule has 1 atom stereocenters. The predicted octanol–water partition coefficient (Wildman–Crippen LogP) is 10.2. The lowest BCUT2D eigenvalue weighted by Crippen LogP contribution is -2.08. The van der Waals surface area contributed by atoms with E-state index in [0.717, 1.165) is 15.9 Å². The van der Waals surface area contributed by atoms with Gasteiger partial charge < -0.3 is 0 Å². The minimum Gasteiger partial charge on any atom is -0.0748 e. The fourth-order valence-electron chi connectivity index (χ4n) is 6.86. The van der Waals surface area contributed by atoms with Crippen LogP contribution in [-0.4, -0.2) is 9.52 Å². The molecule has 0 amide bonds. The Morgan fingerprint density at radius 1 is 0.667 bits per heavy atom. The van der Waals surface area contributed by atoms with Crippen molar-refractivity contribution in [2.45, 2.75) is 66.2 Å². The summed E-state index contributed by atoms with van der Waals surface area (Å²) in [5.74, 6) is 0.533. The van der Waals surface area contributed by atoms with Crippen LogP contribution < -0.4 is 0 Å². The second kappa shape index (κ2) is 10.6. The van der Waals surface area contributed by atoms with Gasteiger partial charge in [-0.05, 0) is 107 Å². The summed E-state index contributed by atoms with van der Waals surface area (Å²) in [5, 5.41) is 3.21. The second-order valence-corrected chi connectivity index (χ2v) is 13.0. The molecule has 4 aromatic carbocycles. The number of hydrogen-bond donors (Lipinski definition) is 0. The number of fused-ring (bicyclic) bond motifs is 2. The molecule has 1 heteroatoms. The molecular formula is C38H38Si. The summed E-state index contributed by atoms with van der Waals surface area (Å²) in [6.45, 7) is 11.3. The number of rotatable bonds is 7. The maximum atomic E-state index is 2.57. The Bertz CT molecular complexity index is 1590. The summed E-state index contributed by atoms with van der Waals surface area (Å²) < 4.78 is 0. The lowest BCUT2D eigenvalue weighted by molar-refractivity contribution is 0.663. The van der Waals surface area contributed by atoms with Crippen molar-refractivity contribution in [3.8, 4) is 22.3 Å². The molecule has 0 saturated carbocycles.